The number of carbonyl (C=O) groups is 1. The van der Waals surface area contributed by atoms with Gasteiger partial charge in [0.05, 0.1) is 12.2 Å². The molecule has 0 bridgehead atoms. The number of hydrogen-bond acceptors (Lipinski definition) is 2. The number of aldehydes is 1. The third-order valence-corrected chi connectivity index (χ3v) is 4.60. The monoisotopic (exact) mass is 236 g/mol. The maximum absolute atomic E-state index is 11.3. The lowest BCUT2D eigenvalue weighted by Crippen LogP contribution is -2.33. The standard InChI is InChI=1S/C15H24O2/c1-3-13-6-4-8-15(9-5-7-13)14(10-16)12(2)11-17-15/h10,13H,3-9,11H2,1-2H3. The average molecular weight is 236 g/mol. The van der Waals surface area contributed by atoms with Crippen molar-refractivity contribution in [1.82, 2.24) is 0 Å². The highest BCUT2D eigenvalue weighted by atomic mass is 16.5. The molecule has 0 aromatic rings. The summed E-state index contributed by atoms with van der Waals surface area (Å²) >= 11 is 0. The van der Waals surface area contributed by atoms with Crippen LogP contribution in [0.2, 0.25) is 0 Å². The van der Waals surface area contributed by atoms with Crippen LogP contribution in [-0.4, -0.2) is 18.5 Å². The van der Waals surface area contributed by atoms with E-state index in [1.165, 1.54) is 32.1 Å². The summed E-state index contributed by atoms with van der Waals surface area (Å²) in [5.74, 6) is 0.888. The quantitative estimate of drug-likeness (QED) is 0.684. The Balaban J connectivity index is 2.09. The van der Waals surface area contributed by atoms with Gasteiger partial charge in [0, 0.05) is 5.57 Å². The van der Waals surface area contributed by atoms with Gasteiger partial charge in [0.2, 0.25) is 0 Å². The van der Waals surface area contributed by atoms with Gasteiger partial charge in [-0.2, -0.15) is 0 Å². The first-order valence-electron chi connectivity index (χ1n) is 7.01. The highest BCUT2D eigenvalue weighted by Crippen LogP contribution is 2.41. The first-order valence-corrected chi connectivity index (χ1v) is 7.01. The van der Waals surface area contributed by atoms with Crippen molar-refractivity contribution in [3.8, 4) is 0 Å². The van der Waals surface area contributed by atoms with Crippen LogP contribution in [0.1, 0.15) is 58.8 Å². The zero-order valence-corrected chi connectivity index (χ0v) is 11.1. The Morgan fingerprint density at radius 3 is 2.53 bits per heavy atom. The van der Waals surface area contributed by atoms with E-state index >= 15 is 0 Å². The lowest BCUT2D eigenvalue weighted by atomic mass is 9.78. The molecule has 96 valence electrons. The molecule has 2 heteroatoms. The predicted octanol–water partition coefficient (Wildman–Crippen LogP) is 3.65. The molecule has 0 saturated heterocycles. The van der Waals surface area contributed by atoms with Gasteiger partial charge in [0.15, 0.2) is 0 Å². The number of ether oxygens (including phenoxy) is 1. The molecule has 2 nitrogen and oxygen atoms in total. The highest BCUT2D eigenvalue weighted by molar-refractivity contribution is 5.78. The van der Waals surface area contributed by atoms with Crippen LogP contribution in [0, 0.1) is 5.92 Å². The molecule has 0 radical (unpaired) electrons. The molecule has 0 aromatic heterocycles. The molecule has 1 heterocycles. The van der Waals surface area contributed by atoms with Crippen molar-refractivity contribution >= 4 is 6.29 Å². The van der Waals surface area contributed by atoms with Gasteiger partial charge in [-0.1, -0.05) is 26.2 Å². The van der Waals surface area contributed by atoms with E-state index in [4.69, 9.17) is 4.74 Å². The Morgan fingerprint density at radius 2 is 2.00 bits per heavy atom. The second-order valence-corrected chi connectivity index (χ2v) is 5.65. The molecule has 1 spiro atoms. The van der Waals surface area contributed by atoms with Gasteiger partial charge < -0.3 is 4.74 Å². The summed E-state index contributed by atoms with van der Waals surface area (Å²) < 4.78 is 6.00. The smallest absolute Gasteiger partial charge is 0.148 e. The molecule has 0 N–H and O–H groups in total. The summed E-state index contributed by atoms with van der Waals surface area (Å²) in [4.78, 5) is 11.3. The summed E-state index contributed by atoms with van der Waals surface area (Å²) in [6.45, 7) is 4.98. The lowest BCUT2D eigenvalue weighted by molar-refractivity contribution is -0.107. The Morgan fingerprint density at radius 1 is 1.35 bits per heavy atom. The molecule has 17 heavy (non-hydrogen) atoms. The third kappa shape index (κ3) is 2.47. The SMILES string of the molecule is CCC1CCCC2(CCC1)OCC(C)=C2C=O. The van der Waals surface area contributed by atoms with Crippen LogP contribution < -0.4 is 0 Å². The summed E-state index contributed by atoms with van der Waals surface area (Å²) in [6, 6.07) is 0. The van der Waals surface area contributed by atoms with Gasteiger partial charge in [-0.3, -0.25) is 4.79 Å². The molecule has 1 aliphatic carbocycles. The van der Waals surface area contributed by atoms with E-state index in [-0.39, 0.29) is 5.60 Å². The first kappa shape index (κ1) is 12.8. The largest absolute Gasteiger partial charge is 0.366 e. The Bertz CT molecular complexity index is 307. The fourth-order valence-corrected chi connectivity index (χ4v) is 3.44. The van der Waals surface area contributed by atoms with Gasteiger partial charge >= 0.3 is 0 Å². The van der Waals surface area contributed by atoms with Crippen molar-refractivity contribution < 1.29 is 9.53 Å². The zero-order chi connectivity index (χ0) is 12.3. The predicted molar refractivity (Wildman–Crippen MR) is 68.9 cm³/mol. The van der Waals surface area contributed by atoms with Crippen molar-refractivity contribution in [3.63, 3.8) is 0 Å². The molecule has 0 amide bonds. The zero-order valence-electron chi connectivity index (χ0n) is 11.1. The van der Waals surface area contributed by atoms with Crippen LogP contribution in [-0.2, 0) is 9.53 Å². The van der Waals surface area contributed by atoms with Crippen molar-refractivity contribution in [1.29, 1.82) is 0 Å². The molecule has 2 aliphatic rings. The molecule has 0 aromatic carbocycles. The number of rotatable bonds is 2. The van der Waals surface area contributed by atoms with E-state index in [0.717, 1.165) is 36.2 Å². The van der Waals surface area contributed by atoms with Gasteiger partial charge in [0.25, 0.3) is 0 Å². The second kappa shape index (κ2) is 5.34. The highest BCUT2D eigenvalue weighted by Gasteiger charge is 2.40. The normalized spacial score (nSPS) is 34.8. The molecule has 1 saturated carbocycles. The molecular weight excluding hydrogens is 212 g/mol. The third-order valence-electron chi connectivity index (χ3n) is 4.60. The topological polar surface area (TPSA) is 26.3 Å². The van der Waals surface area contributed by atoms with E-state index in [9.17, 15) is 4.79 Å². The number of hydrogen-bond donors (Lipinski definition) is 0. The van der Waals surface area contributed by atoms with Crippen LogP contribution in [0.3, 0.4) is 0 Å². The van der Waals surface area contributed by atoms with Crippen LogP contribution in [0.5, 0.6) is 0 Å². The fraction of sp³-hybridized carbons (Fsp3) is 0.800. The van der Waals surface area contributed by atoms with E-state index in [1.807, 2.05) is 6.92 Å². The summed E-state index contributed by atoms with van der Waals surface area (Å²) in [7, 11) is 0. The van der Waals surface area contributed by atoms with Crippen LogP contribution in [0.25, 0.3) is 0 Å². The van der Waals surface area contributed by atoms with E-state index in [0.29, 0.717) is 6.61 Å². The van der Waals surface area contributed by atoms with Gasteiger partial charge in [-0.25, -0.2) is 0 Å². The minimum atomic E-state index is -0.218. The van der Waals surface area contributed by atoms with Crippen LogP contribution in [0.15, 0.2) is 11.1 Å². The Kier molecular flexibility index (Phi) is 4.03. The molecule has 0 atom stereocenters. The minimum Gasteiger partial charge on any atom is -0.366 e. The maximum Gasteiger partial charge on any atom is 0.148 e. The van der Waals surface area contributed by atoms with Crippen molar-refractivity contribution in [2.24, 2.45) is 5.92 Å². The van der Waals surface area contributed by atoms with Crippen LogP contribution in [0.4, 0.5) is 0 Å². The van der Waals surface area contributed by atoms with Crippen LogP contribution >= 0.6 is 0 Å². The number of carbonyl (C=O) groups excluding carboxylic acids is 1. The van der Waals surface area contributed by atoms with E-state index in [1.54, 1.807) is 0 Å². The Hall–Kier alpha value is -0.630. The van der Waals surface area contributed by atoms with E-state index < -0.39 is 0 Å². The first-order chi connectivity index (χ1) is 8.22. The molecule has 1 aliphatic heterocycles. The van der Waals surface area contributed by atoms with Crippen molar-refractivity contribution in [3.05, 3.63) is 11.1 Å². The molecular formula is C15H24O2. The summed E-state index contributed by atoms with van der Waals surface area (Å²) in [5, 5.41) is 0. The minimum absolute atomic E-state index is 0.218. The summed E-state index contributed by atoms with van der Waals surface area (Å²) in [5.41, 5.74) is 1.88. The van der Waals surface area contributed by atoms with Crippen molar-refractivity contribution in [2.45, 2.75) is 64.4 Å². The second-order valence-electron chi connectivity index (χ2n) is 5.65. The van der Waals surface area contributed by atoms with E-state index in [2.05, 4.69) is 6.92 Å². The average Bonchev–Trinajstić information content (AvgIpc) is 2.61. The molecule has 1 fully saturated rings. The van der Waals surface area contributed by atoms with Gasteiger partial charge in [0.1, 0.15) is 6.29 Å². The fourth-order valence-electron chi connectivity index (χ4n) is 3.44. The maximum atomic E-state index is 11.3. The lowest BCUT2D eigenvalue weighted by Gasteiger charge is -2.33. The molecule has 0 unspecified atom stereocenters. The Labute approximate surface area is 104 Å². The van der Waals surface area contributed by atoms with Gasteiger partial charge in [-0.15, -0.1) is 0 Å². The van der Waals surface area contributed by atoms with Gasteiger partial charge in [-0.05, 0) is 44.1 Å². The van der Waals surface area contributed by atoms with Crippen molar-refractivity contribution in [2.75, 3.05) is 6.61 Å². The summed E-state index contributed by atoms with van der Waals surface area (Å²) in [6.07, 6.45) is 9.40. The molecule has 2 rings (SSSR count).